The van der Waals surface area contributed by atoms with E-state index in [1.165, 1.54) is 41.5 Å². The van der Waals surface area contributed by atoms with E-state index in [-0.39, 0.29) is 57.8 Å². The van der Waals surface area contributed by atoms with Gasteiger partial charge in [0.1, 0.15) is 54.4 Å². The molecule has 10 atom stereocenters. The highest BCUT2D eigenvalue weighted by Gasteiger charge is 2.34. The van der Waals surface area contributed by atoms with Crippen LogP contribution in [0.1, 0.15) is 92.9 Å². The zero-order chi connectivity index (χ0) is 50.7. The minimum Gasteiger partial charge on any atom is -0.391 e. The Hall–Kier alpha value is -6.19. The molecule has 0 aliphatic heterocycles. The van der Waals surface area contributed by atoms with E-state index in [4.69, 9.17) is 34.4 Å². The molecule has 0 aliphatic rings. The van der Waals surface area contributed by atoms with E-state index in [0.717, 1.165) is 0 Å². The summed E-state index contributed by atoms with van der Waals surface area (Å²) >= 11 is 0. The number of hydrogen-bond donors (Lipinski definition) is 16. The third-order valence-corrected chi connectivity index (χ3v) is 9.80. The molecular formula is C39H74N16O11. The highest BCUT2D eigenvalue weighted by Crippen LogP contribution is 2.08. The number of carbonyl (C=O) groups excluding carboxylic acids is 10. The fourth-order valence-corrected chi connectivity index (χ4v) is 5.75. The Bertz CT molecular complexity index is 1680. The SMILES string of the molecule is C[C@H](NC(=O)[C@H](C)NC(=O)[C@@H](NC(=O)[C@H](CCCCN)NC(=O)[C@H](C)NC(=O)[C@H](CCCN=C(N)N)NC(=O)[C@H](CCCCN)NC(=O)[C@H](C)NC(=O)[C@H](C)NC(=O)CN)[C@@H](C)O)C(N)=O. The van der Waals surface area contributed by atoms with Crippen LogP contribution in [0.3, 0.4) is 0 Å². The summed E-state index contributed by atoms with van der Waals surface area (Å²) in [4.78, 5) is 133. The molecule has 22 N–H and O–H groups in total. The third-order valence-electron chi connectivity index (χ3n) is 9.80. The quantitative estimate of drug-likeness (QED) is 0.0169. The predicted molar refractivity (Wildman–Crippen MR) is 241 cm³/mol. The van der Waals surface area contributed by atoms with Crippen molar-refractivity contribution in [2.75, 3.05) is 26.2 Å². The maximum atomic E-state index is 13.8. The van der Waals surface area contributed by atoms with Gasteiger partial charge in [0.25, 0.3) is 0 Å². The van der Waals surface area contributed by atoms with Crippen LogP contribution in [0.4, 0.5) is 0 Å². The molecule has 0 aliphatic carbocycles. The third kappa shape index (κ3) is 23.7. The van der Waals surface area contributed by atoms with Gasteiger partial charge in [-0.05, 0) is 106 Å². The first-order chi connectivity index (χ1) is 30.9. The average molecular weight is 943 g/mol. The smallest absolute Gasteiger partial charge is 0.245 e. The predicted octanol–water partition coefficient (Wildman–Crippen LogP) is -7.41. The number of carbonyl (C=O) groups is 10. The van der Waals surface area contributed by atoms with Crippen LogP contribution in [-0.2, 0) is 47.9 Å². The number of aliphatic imine (C=N–C) groups is 1. The monoisotopic (exact) mass is 943 g/mol. The van der Waals surface area contributed by atoms with Gasteiger partial charge in [-0.2, -0.15) is 0 Å². The normalized spacial score (nSPS) is 15.4. The summed E-state index contributed by atoms with van der Waals surface area (Å²) in [5.74, 6) is -8.19. The second-order valence-electron chi connectivity index (χ2n) is 15.7. The number of unbranched alkanes of at least 4 members (excludes halogenated alkanes) is 2. The van der Waals surface area contributed by atoms with Crippen molar-refractivity contribution in [1.29, 1.82) is 0 Å². The zero-order valence-corrected chi connectivity index (χ0v) is 38.7. The molecule has 0 unspecified atom stereocenters. The van der Waals surface area contributed by atoms with E-state index >= 15 is 0 Å². The van der Waals surface area contributed by atoms with Crippen molar-refractivity contribution in [2.24, 2.45) is 39.4 Å². The van der Waals surface area contributed by atoms with Crippen molar-refractivity contribution in [3.63, 3.8) is 0 Å². The number of primary amides is 1. The number of nitrogens with one attached hydrogen (secondary N) is 9. The molecule has 66 heavy (non-hydrogen) atoms. The highest BCUT2D eigenvalue weighted by atomic mass is 16.3. The van der Waals surface area contributed by atoms with Gasteiger partial charge in [-0.3, -0.25) is 52.9 Å². The summed E-state index contributed by atoms with van der Waals surface area (Å²) in [6.07, 6.45) is 0.356. The van der Waals surface area contributed by atoms with Crippen LogP contribution in [0.2, 0.25) is 0 Å². The number of rotatable bonds is 32. The van der Waals surface area contributed by atoms with Crippen molar-refractivity contribution in [1.82, 2.24) is 47.9 Å². The molecule has 0 heterocycles. The lowest BCUT2D eigenvalue weighted by molar-refractivity contribution is -0.136. The van der Waals surface area contributed by atoms with Crippen LogP contribution >= 0.6 is 0 Å². The first kappa shape index (κ1) is 59.8. The Morgan fingerprint density at radius 2 is 0.788 bits per heavy atom. The molecule has 376 valence electrons. The lowest BCUT2D eigenvalue weighted by Crippen LogP contribution is -2.61. The zero-order valence-electron chi connectivity index (χ0n) is 38.7. The second kappa shape index (κ2) is 31.6. The van der Waals surface area contributed by atoms with Crippen molar-refractivity contribution >= 4 is 65.0 Å². The number of amides is 10. The highest BCUT2D eigenvalue weighted by molar-refractivity contribution is 5.98. The first-order valence-corrected chi connectivity index (χ1v) is 21.8. The Kier molecular flexibility index (Phi) is 28.7. The summed E-state index contributed by atoms with van der Waals surface area (Å²) in [6.45, 7) is 8.15. The van der Waals surface area contributed by atoms with E-state index in [2.05, 4.69) is 52.8 Å². The van der Waals surface area contributed by atoms with Crippen molar-refractivity contribution in [3.8, 4) is 0 Å². The van der Waals surface area contributed by atoms with Gasteiger partial charge in [0.05, 0.1) is 12.6 Å². The summed E-state index contributed by atoms with van der Waals surface area (Å²) in [6, 6.07) is -11.3. The Balaban J connectivity index is 6.22. The molecule has 27 nitrogen and oxygen atoms in total. The van der Waals surface area contributed by atoms with Gasteiger partial charge in [0, 0.05) is 6.54 Å². The van der Waals surface area contributed by atoms with Gasteiger partial charge in [-0.15, -0.1) is 0 Å². The van der Waals surface area contributed by atoms with Gasteiger partial charge in [-0.1, -0.05) is 0 Å². The minimum atomic E-state index is -1.61. The van der Waals surface area contributed by atoms with Crippen LogP contribution in [0.5, 0.6) is 0 Å². The molecule has 0 bridgehead atoms. The van der Waals surface area contributed by atoms with Crippen LogP contribution < -0.4 is 82.3 Å². The molecule has 10 amide bonds. The van der Waals surface area contributed by atoms with Crippen molar-refractivity contribution in [2.45, 2.75) is 153 Å². The van der Waals surface area contributed by atoms with Crippen LogP contribution in [0, 0.1) is 0 Å². The second-order valence-corrected chi connectivity index (χ2v) is 15.7. The molecular weight excluding hydrogens is 869 g/mol. The molecule has 0 radical (unpaired) electrons. The van der Waals surface area contributed by atoms with Crippen LogP contribution in [-0.4, -0.2) is 157 Å². The topological polar surface area (TPSA) is 468 Å². The average Bonchev–Trinajstić information content (AvgIpc) is 3.24. The Morgan fingerprint density at radius 3 is 1.20 bits per heavy atom. The van der Waals surface area contributed by atoms with E-state index in [1.54, 1.807) is 0 Å². The van der Waals surface area contributed by atoms with Crippen molar-refractivity contribution in [3.05, 3.63) is 0 Å². The first-order valence-electron chi connectivity index (χ1n) is 21.8. The molecule has 0 saturated heterocycles. The standard InChI is InChI=1S/C39H74N16O11/c1-19(30(43)58)48-32(60)21(3)51-38(66)29(24(6)56)55-37(65)26(13-8-10-16-41)53-34(62)23(5)50-35(63)27(14-11-17-46-39(44)45)54-36(64)25(12-7-9-15-40)52-33(61)22(4)49-31(59)20(2)47-28(57)18-42/h19-27,29,56H,7-18,40-42H2,1-6H3,(H2,43,58)(H,47,57)(H,48,60)(H,49,59)(H,50,63)(H,51,66)(H,52,61)(H,53,62)(H,54,64)(H,55,65)(H4,44,45,46)/t19-,20-,21-,22-,23-,24+,25-,26-,27-,29-/m0/s1. The minimum absolute atomic E-state index is 0.0142. The fraction of sp³-hybridized carbons (Fsp3) is 0.718. The van der Waals surface area contributed by atoms with Crippen LogP contribution in [0.15, 0.2) is 4.99 Å². The number of hydrogen-bond acceptors (Lipinski definition) is 15. The van der Waals surface area contributed by atoms with Gasteiger partial charge in [0.15, 0.2) is 5.96 Å². The molecule has 0 aromatic heterocycles. The maximum Gasteiger partial charge on any atom is 0.245 e. The molecule has 0 saturated carbocycles. The van der Waals surface area contributed by atoms with Gasteiger partial charge in [0.2, 0.25) is 59.1 Å². The largest absolute Gasteiger partial charge is 0.391 e. The van der Waals surface area contributed by atoms with Crippen LogP contribution in [0.25, 0.3) is 0 Å². The Labute approximate surface area is 384 Å². The number of guanidine groups is 1. The molecule has 0 aromatic carbocycles. The van der Waals surface area contributed by atoms with E-state index < -0.39 is 120 Å². The number of aliphatic hydroxyl groups is 1. The molecule has 0 fully saturated rings. The van der Waals surface area contributed by atoms with E-state index in [9.17, 15) is 53.1 Å². The summed E-state index contributed by atoms with van der Waals surface area (Å²) in [5, 5.41) is 32.5. The maximum absolute atomic E-state index is 13.8. The van der Waals surface area contributed by atoms with Gasteiger partial charge < -0.3 is 87.4 Å². The van der Waals surface area contributed by atoms with Crippen molar-refractivity contribution < 1.29 is 53.1 Å². The molecule has 0 spiro atoms. The number of aliphatic hydroxyl groups excluding tert-OH is 1. The van der Waals surface area contributed by atoms with Gasteiger partial charge >= 0.3 is 0 Å². The number of nitrogens with zero attached hydrogens (tertiary/aromatic N) is 1. The molecule has 0 rings (SSSR count). The fourth-order valence-electron chi connectivity index (χ4n) is 5.75. The Morgan fingerprint density at radius 1 is 0.439 bits per heavy atom. The summed E-state index contributed by atoms with van der Waals surface area (Å²) < 4.78 is 0. The van der Waals surface area contributed by atoms with Gasteiger partial charge in [-0.25, -0.2) is 0 Å². The summed E-state index contributed by atoms with van der Waals surface area (Å²) in [5.41, 5.74) is 32.6. The lowest BCUT2D eigenvalue weighted by atomic mass is 10.0. The number of nitrogens with two attached hydrogens (primary N) is 6. The molecule has 27 heteroatoms. The lowest BCUT2D eigenvalue weighted by Gasteiger charge is -2.27. The van der Waals surface area contributed by atoms with E-state index in [0.29, 0.717) is 25.7 Å². The van der Waals surface area contributed by atoms with E-state index in [1.807, 2.05) is 0 Å². The summed E-state index contributed by atoms with van der Waals surface area (Å²) in [7, 11) is 0. The molecule has 0 aromatic rings.